The summed E-state index contributed by atoms with van der Waals surface area (Å²) >= 11 is 0. The van der Waals surface area contributed by atoms with Crippen molar-refractivity contribution in [2.75, 3.05) is 0 Å². The Morgan fingerprint density at radius 1 is 1.24 bits per heavy atom. The van der Waals surface area contributed by atoms with Crippen LogP contribution in [-0.2, 0) is 9.84 Å². The average Bonchev–Trinajstić information content (AvgIpc) is 2.15. The minimum Gasteiger partial charge on any atom is -0.258 e. The molecular formula is C7H3F4NO4S. The Balaban J connectivity index is 3.61. The predicted molar refractivity (Wildman–Crippen MR) is 46.3 cm³/mol. The summed E-state index contributed by atoms with van der Waals surface area (Å²) < 4.78 is 71.0. The summed E-state index contributed by atoms with van der Waals surface area (Å²) in [5.74, 6) is -1.32. The third-order valence-electron chi connectivity index (χ3n) is 1.71. The molecule has 94 valence electrons. The Kier molecular flexibility index (Phi) is 3.10. The van der Waals surface area contributed by atoms with Crippen LogP contribution in [0.25, 0.3) is 0 Å². The van der Waals surface area contributed by atoms with Gasteiger partial charge in [0.2, 0.25) is 0 Å². The maximum absolute atomic E-state index is 12.7. The van der Waals surface area contributed by atoms with E-state index in [9.17, 15) is 36.1 Å². The Hall–Kier alpha value is -1.71. The van der Waals surface area contributed by atoms with Gasteiger partial charge in [0.05, 0.1) is 4.92 Å². The first-order valence-electron chi connectivity index (χ1n) is 3.82. The fourth-order valence-corrected chi connectivity index (χ4v) is 1.91. The van der Waals surface area contributed by atoms with Crippen LogP contribution in [0, 0.1) is 15.9 Å². The van der Waals surface area contributed by atoms with E-state index in [1.54, 1.807) is 0 Å². The van der Waals surface area contributed by atoms with Crippen LogP contribution in [-0.4, -0.2) is 18.8 Å². The zero-order valence-corrected chi connectivity index (χ0v) is 8.55. The van der Waals surface area contributed by atoms with E-state index in [4.69, 9.17) is 0 Å². The molecule has 1 aromatic rings. The zero-order valence-electron chi connectivity index (χ0n) is 7.73. The van der Waals surface area contributed by atoms with Gasteiger partial charge in [-0.1, -0.05) is 0 Å². The molecule has 0 spiro atoms. The van der Waals surface area contributed by atoms with Crippen molar-refractivity contribution >= 4 is 15.5 Å². The quantitative estimate of drug-likeness (QED) is 0.469. The Bertz CT molecular complexity index is 566. The lowest BCUT2D eigenvalue weighted by Crippen LogP contribution is -2.24. The Labute approximate surface area is 91.7 Å². The van der Waals surface area contributed by atoms with Crippen LogP contribution >= 0.6 is 0 Å². The molecule has 0 saturated heterocycles. The molecular weight excluding hydrogens is 270 g/mol. The van der Waals surface area contributed by atoms with Gasteiger partial charge in [0, 0.05) is 6.07 Å². The van der Waals surface area contributed by atoms with Crippen LogP contribution in [0.2, 0.25) is 0 Å². The van der Waals surface area contributed by atoms with Gasteiger partial charge in [-0.3, -0.25) is 10.1 Å². The number of sulfone groups is 1. The van der Waals surface area contributed by atoms with Gasteiger partial charge in [-0.2, -0.15) is 13.2 Å². The molecule has 0 N–H and O–H groups in total. The zero-order chi connectivity index (χ0) is 13.4. The molecule has 0 fully saturated rings. The number of nitro groups is 1. The van der Waals surface area contributed by atoms with Crippen molar-refractivity contribution in [2.24, 2.45) is 0 Å². The molecule has 0 radical (unpaired) electrons. The molecule has 0 amide bonds. The summed E-state index contributed by atoms with van der Waals surface area (Å²) in [6.07, 6.45) is 0. The number of benzene rings is 1. The lowest BCUT2D eigenvalue weighted by molar-refractivity contribution is -0.388. The first-order valence-corrected chi connectivity index (χ1v) is 5.31. The highest BCUT2D eigenvalue weighted by Crippen LogP contribution is 2.35. The van der Waals surface area contributed by atoms with Gasteiger partial charge in [-0.25, -0.2) is 12.8 Å². The van der Waals surface area contributed by atoms with Gasteiger partial charge in [0.15, 0.2) is 4.90 Å². The molecule has 17 heavy (non-hydrogen) atoms. The highest BCUT2D eigenvalue weighted by molar-refractivity contribution is 7.92. The average molecular weight is 273 g/mol. The molecule has 0 heterocycles. The number of nitro benzene ring substituents is 1. The number of nitrogens with zero attached hydrogens (tertiary/aromatic N) is 1. The van der Waals surface area contributed by atoms with Crippen molar-refractivity contribution in [3.05, 3.63) is 34.1 Å². The Morgan fingerprint density at radius 3 is 2.18 bits per heavy atom. The van der Waals surface area contributed by atoms with Crippen molar-refractivity contribution < 1.29 is 30.9 Å². The molecule has 10 heteroatoms. The highest BCUT2D eigenvalue weighted by Gasteiger charge is 2.50. The molecule has 0 aliphatic heterocycles. The highest BCUT2D eigenvalue weighted by atomic mass is 32.2. The molecule has 0 saturated carbocycles. The van der Waals surface area contributed by atoms with E-state index in [1.165, 1.54) is 0 Å². The predicted octanol–water partition coefficient (Wildman–Crippen LogP) is 2.03. The first kappa shape index (κ1) is 13.4. The summed E-state index contributed by atoms with van der Waals surface area (Å²) in [7, 11) is -5.96. The molecule has 0 aliphatic rings. The molecule has 1 aromatic carbocycles. The van der Waals surface area contributed by atoms with Gasteiger partial charge in [0.25, 0.3) is 15.5 Å². The largest absolute Gasteiger partial charge is 0.502 e. The van der Waals surface area contributed by atoms with E-state index in [0.29, 0.717) is 12.1 Å². The third-order valence-corrected chi connectivity index (χ3v) is 3.23. The number of rotatable bonds is 2. The molecule has 1 rings (SSSR count). The van der Waals surface area contributed by atoms with E-state index < -0.39 is 36.7 Å². The van der Waals surface area contributed by atoms with E-state index >= 15 is 0 Å². The topological polar surface area (TPSA) is 77.3 Å². The monoisotopic (exact) mass is 273 g/mol. The molecule has 0 atom stereocenters. The van der Waals surface area contributed by atoms with E-state index in [2.05, 4.69) is 0 Å². The fourth-order valence-electron chi connectivity index (χ4n) is 0.979. The maximum Gasteiger partial charge on any atom is 0.502 e. The summed E-state index contributed by atoms with van der Waals surface area (Å²) in [6, 6.07) is 0.808. The third kappa shape index (κ3) is 2.35. The smallest absolute Gasteiger partial charge is 0.258 e. The van der Waals surface area contributed by atoms with E-state index in [0.717, 1.165) is 0 Å². The van der Waals surface area contributed by atoms with Gasteiger partial charge < -0.3 is 0 Å². The second-order valence-electron chi connectivity index (χ2n) is 2.82. The van der Waals surface area contributed by atoms with Gasteiger partial charge >= 0.3 is 5.51 Å². The number of hydrogen-bond donors (Lipinski definition) is 0. The maximum atomic E-state index is 12.7. The summed E-state index contributed by atoms with van der Waals surface area (Å²) in [5, 5.41) is 10.4. The number of alkyl halides is 3. The second kappa shape index (κ2) is 3.95. The number of hydrogen-bond acceptors (Lipinski definition) is 4. The standard InChI is InChI=1S/C7H3F4NO4S/c8-4-1-2-5(12(13)14)6(3-4)17(15,16)7(9,10)11/h1-3H. The van der Waals surface area contributed by atoms with Crippen LogP contribution in [0.4, 0.5) is 23.2 Å². The van der Waals surface area contributed by atoms with Crippen molar-refractivity contribution in [3.63, 3.8) is 0 Å². The minimum atomic E-state index is -5.96. The molecule has 0 aromatic heterocycles. The summed E-state index contributed by atoms with van der Waals surface area (Å²) in [6.45, 7) is 0. The lowest BCUT2D eigenvalue weighted by Gasteiger charge is -2.08. The van der Waals surface area contributed by atoms with Crippen LogP contribution in [0.1, 0.15) is 0 Å². The van der Waals surface area contributed by atoms with Gasteiger partial charge in [0.1, 0.15) is 5.82 Å². The van der Waals surface area contributed by atoms with Crippen LogP contribution in [0.15, 0.2) is 23.1 Å². The van der Waals surface area contributed by atoms with E-state index in [-0.39, 0.29) is 6.07 Å². The fraction of sp³-hybridized carbons (Fsp3) is 0.143. The van der Waals surface area contributed by atoms with Crippen molar-refractivity contribution in [2.45, 2.75) is 10.4 Å². The normalized spacial score (nSPS) is 12.5. The van der Waals surface area contributed by atoms with Crippen molar-refractivity contribution in [3.8, 4) is 0 Å². The minimum absolute atomic E-state index is 0.0407. The Morgan fingerprint density at radius 2 is 1.76 bits per heavy atom. The molecule has 0 unspecified atom stereocenters. The number of halogens is 4. The molecule has 5 nitrogen and oxygen atoms in total. The first-order chi connectivity index (χ1) is 7.57. The molecule has 0 aliphatic carbocycles. The lowest BCUT2D eigenvalue weighted by atomic mass is 10.3. The van der Waals surface area contributed by atoms with Gasteiger partial charge in [-0.15, -0.1) is 0 Å². The van der Waals surface area contributed by atoms with Gasteiger partial charge in [-0.05, 0) is 12.1 Å². The SMILES string of the molecule is O=[N+]([O-])c1ccc(F)cc1S(=O)(=O)C(F)(F)F. The summed E-state index contributed by atoms with van der Waals surface area (Å²) in [4.78, 5) is 7.31. The summed E-state index contributed by atoms with van der Waals surface area (Å²) in [5.41, 5.74) is -7.06. The van der Waals surface area contributed by atoms with Crippen molar-refractivity contribution in [1.82, 2.24) is 0 Å². The second-order valence-corrected chi connectivity index (χ2v) is 4.73. The van der Waals surface area contributed by atoms with Crippen LogP contribution < -0.4 is 0 Å². The van der Waals surface area contributed by atoms with Crippen molar-refractivity contribution in [1.29, 1.82) is 0 Å². The molecule has 0 bridgehead atoms. The van der Waals surface area contributed by atoms with E-state index in [1.807, 2.05) is 0 Å². The van der Waals surface area contributed by atoms with Crippen LogP contribution in [0.3, 0.4) is 0 Å². The van der Waals surface area contributed by atoms with Crippen LogP contribution in [0.5, 0.6) is 0 Å².